The normalized spacial score (nSPS) is 11.1. The number of benzene rings is 1. The quantitative estimate of drug-likeness (QED) is 0.402. The van der Waals surface area contributed by atoms with Gasteiger partial charge < -0.3 is 15.1 Å². The van der Waals surface area contributed by atoms with Crippen molar-refractivity contribution in [1.29, 1.82) is 0 Å². The third-order valence-electron chi connectivity index (χ3n) is 3.51. The first-order chi connectivity index (χ1) is 11.1. The fourth-order valence-corrected chi connectivity index (χ4v) is 2.32. The monoisotopic (exact) mass is 445 g/mol. The van der Waals surface area contributed by atoms with Crippen molar-refractivity contribution in [1.82, 2.24) is 10.6 Å². The maximum atomic E-state index is 12.9. The van der Waals surface area contributed by atoms with Gasteiger partial charge in [-0.05, 0) is 51.0 Å². The van der Waals surface area contributed by atoms with Gasteiger partial charge in [0.2, 0.25) is 0 Å². The molecule has 2 N–H and O–H groups in total. The van der Waals surface area contributed by atoms with Gasteiger partial charge in [-0.1, -0.05) is 12.1 Å². The molecule has 0 saturated carbocycles. The fourth-order valence-electron chi connectivity index (χ4n) is 2.32. The molecule has 0 aliphatic heterocycles. The second kappa shape index (κ2) is 10.3. The van der Waals surface area contributed by atoms with Crippen LogP contribution in [0.1, 0.15) is 29.6 Å². The molecule has 0 amide bonds. The van der Waals surface area contributed by atoms with E-state index in [1.54, 1.807) is 12.1 Å². The number of hydrogen-bond donors (Lipinski definition) is 2. The first kappa shape index (κ1) is 20.5. The van der Waals surface area contributed by atoms with E-state index in [0.29, 0.717) is 6.54 Å². The topological polar surface area (TPSA) is 49.6 Å². The van der Waals surface area contributed by atoms with E-state index >= 15 is 0 Å². The fraction of sp³-hybridized carbons (Fsp3) is 0.389. The molecule has 2 rings (SSSR count). The molecular formula is C18H25FIN3O. The number of guanidine groups is 1. The largest absolute Gasteiger partial charge is 0.466 e. The lowest BCUT2D eigenvalue weighted by atomic mass is 10.1. The minimum absolute atomic E-state index is 0. The van der Waals surface area contributed by atoms with Crippen LogP contribution in [-0.4, -0.2) is 19.0 Å². The number of aryl methyl sites for hydroxylation is 2. The summed E-state index contributed by atoms with van der Waals surface area (Å²) in [5.74, 6) is 2.38. The highest BCUT2D eigenvalue weighted by Crippen LogP contribution is 2.14. The number of halogens is 2. The molecule has 0 fully saturated rings. The smallest absolute Gasteiger partial charge is 0.191 e. The molecule has 1 aromatic carbocycles. The summed E-state index contributed by atoms with van der Waals surface area (Å²) in [6, 6.07) is 8.59. The van der Waals surface area contributed by atoms with Crippen LogP contribution in [0.25, 0.3) is 0 Å². The SMILES string of the molecule is CCNC(=NCc1cc(C)oc1C)NCCc1ccc(F)cc1.I. The second-order valence-electron chi connectivity index (χ2n) is 5.44. The van der Waals surface area contributed by atoms with Gasteiger partial charge in [-0.2, -0.15) is 0 Å². The van der Waals surface area contributed by atoms with Crippen LogP contribution in [0.2, 0.25) is 0 Å². The van der Waals surface area contributed by atoms with Crippen LogP contribution in [0.15, 0.2) is 39.7 Å². The summed E-state index contributed by atoms with van der Waals surface area (Å²) < 4.78 is 18.4. The van der Waals surface area contributed by atoms with Gasteiger partial charge in [0.15, 0.2) is 5.96 Å². The molecule has 1 heterocycles. The van der Waals surface area contributed by atoms with Gasteiger partial charge in [0, 0.05) is 18.7 Å². The molecule has 0 unspecified atom stereocenters. The van der Waals surface area contributed by atoms with Crippen LogP contribution in [0, 0.1) is 19.7 Å². The van der Waals surface area contributed by atoms with Gasteiger partial charge in [-0.3, -0.25) is 0 Å². The van der Waals surface area contributed by atoms with E-state index in [-0.39, 0.29) is 29.8 Å². The van der Waals surface area contributed by atoms with Crippen molar-refractivity contribution >= 4 is 29.9 Å². The Morgan fingerprint density at radius 2 is 1.88 bits per heavy atom. The molecule has 132 valence electrons. The van der Waals surface area contributed by atoms with E-state index in [9.17, 15) is 4.39 Å². The molecule has 0 saturated heterocycles. The summed E-state index contributed by atoms with van der Waals surface area (Å²) in [5, 5.41) is 6.52. The molecule has 0 spiro atoms. The predicted molar refractivity (Wildman–Crippen MR) is 107 cm³/mol. The van der Waals surface area contributed by atoms with Crippen molar-refractivity contribution in [3.8, 4) is 0 Å². The second-order valence-corrected chi connectivity index (χ2v) is 5.44. The molecule has 0 aliphatic rings. The van der Waals surface area contributed by atoms with Gasteiger partial charge in [0.1, 0.15) is 17.3 Å². The molecule has 0 aliphatic carbocycles. The number of furan rings is 1. The van der Waals surface area contributed by atoms with E-state index in [4.69, 9.17) is 4.42 Å². The third-order valence-corrected chi connectivity index (χ3v) is 3.51. The molecule has 1 aromatic heterocycles. The van der Waals surface area contributed by atoms with Gasteiger partial charge in [0.25, 0.3) is 0 Å². The Bertz CT molecular complexity index is 653. The lowest BCUT2D eigenvalue weighted by molar-refractivity contribution is 0.501. The van der Waals surface area contributed by atoms with Crippen LogP contribution in [0.4, 0.5) is 4.39 Å². The summed E-state index contributed by atoms with van der Waals surface area (Å²) in [6.45, 7) is 8.03. The average molecular weight is 445 g/mol. The summed E-state index contributed by atoms with van der Waals surface area (Å²) in [5.41, 5.74) is 2.19. The van der Waals surface area contributed by atoms with Crippen molar-refractivity contribution in [3.63, 3.8) is 0 Å². The standard InChI is InChI=1S/C18H24FN3O.HI/c1-4-20-18(22-12-16-11-13(2)23-14(16)3)21-10-9-15-5-7-17(19)8-6-15;/h5-8,11H,4,9-10,12H2,1-3H3,(H2,20,21,22);1H. The van der Waals surface area contributed by atoms with E-state index in [1.165, 1.54) is 12.1 Å². The molecular weight excluding hydrogens is 420 g/mol. The zero-order chi connectivity index (χ0) is 16.7. The Labute approximate surface area is 160 Å². The number of nitrogens with zero attached hydrogens (tertiary/aromatic N) is 1. The Morgan fingerprint density at radius 1 is 1.17 bits per heavy atom. The number of nitrogens with one attached hydrogen (secondary N) is 2. The highest BCUT2D eigenvalue weighted by Gasteiger charge is 2.04. The molecule has 24 heavy (non-hydrogen) atoms. The predicted octanol–water partition coefficient (Wildman–Crippen LogP) is 3.95. The maximum Gasteiger partial charge on any atom is 0.191 e. The molecule has 6 heteroatoms. The van der Waals surface area contributed by atoms with E-state index in [1.807, 2.05) is 26.8 Å². The Morgan fingerprint density at radius 3 is 2.46 bits per heavy atom. The Balaban J connectivity index is 0.00000288. The summed E-state index contributed by atoms with van der Waals surface area (Å²) >= 11 is 0. The molecule has 4 nitrogen and oxygen atoms in total. The van der Waals surface area contributed by atoms with E-state index in [0.717, 1.165) is 48.1 Å². The van der Waals surface area contributed by atoms with E-state index < -0.39 is 0 Å². The number of hydrogen-bond acceptors (Lipinski definition) is 2. The van der Waals surface area contributed by atoms with Crippen LogP contribution in [0.3, 0.4) is 0 Å². The van der Waals surface area contributed by atoms with Crippen molar-refractivity contribution in [2.45, 2.75) is 33.7 Å². The molecule has 0 radical (unpaired) electrons. The van der Waals surface area contributed by atoms with Gasteiger partial charge in [-0.15, -0.1) is 24.0 Å². The van der Waals surface area contributed by atoms with Crippen LogP contribution in [0.5, 0.6) is 0 Å². The zero-order valence-electron chi connectivity index (χ0n) is 14.4. The third kappa shape index (κ3) is 6.51. The lowest BCUT2D eigenvalue weighted by Gasteiger charge is -2.11. The Kier molecular flexibility index (Phi) is 8.81. The van der Waals surface area contributed by atoms with Crippen molar-refractivity contribution in [2.75, 3.05) is 13.1 Å². The lowest BCUT2D eigenvalue weighted by Crippen LogP contribution is -2.38. The summed E-state index contributed by atoms with van der Waals surface area (Å²) in [4.78, 5) is 4.58. The zero-order valence-corrected chi connectivity index (χ0v) is 16.7. The molecule has 0 atom stereocenters. The first-order valence-corrected chi connectivity index (χ1v) is 7.91. The van der Waals surface area contributed by atoms with Gasteiger partial charge >= 0.3 is 0 Å². The summed E-state index contributed by atoms with van der Waals surface area (Å²) in [6.07, 6.45) is 0.814. The van der Waals surface area contributed by atoms with Crippen LogP contribution in [-0.2, 0) is 13.0 Å². The maximum absolute atomic E-state index is 12.9. The van der Waals surface area contributed by atoms with Crippen LogP contribution >= 0.6 is 24.0 Å². The molecule has 0 bridgehead atoms. The minimum Gasteiger partial charge on any atom is -0.466 e. The van der Waals surface area contributed by atoms with Crippen molar-refractivity contribution in [2.24, 2.45) is 4.99 Å². The van der Waals surface area contributed by atoms with Crippen molar-refractivity contribution in [3.05, 3.63) is 58.8 Å². The summed E-state index contributed by atoms with van der Waals surface area (Å²) in [7, 11) is 0. The van der Waals surface area contributed by atoms with Gasteiger partial charge in [-0.25, -0.2) is 9.38 Å². The van der Waals surface area contributed by atoms with E-state index in [2.05, 4.69) is 15.6 Å². The van der Waals surface area contributed by atoms with Crippen LogP contribution < -0.4 is 10.6 Å². The highest BCUT2D eigenvalue weighted by molar-refractivity contribution is 14.0. The Hall–Kier alpha value is -1.57. The highest BCUT2D eigenvalue weighted by atomic mass is 127. The first-order valence-electron chi connectivity index (χ1n) is 7.91. The number of rotatable bonds is 6. The van der Waals surface area contributed by atoms with Gasteiger partial charge in [0.05, 0.1) is 6.54 Å². The number of aliphatic imine (C=N–C) groups is 1. The average Bonchev–Trinajstić information content (AvgIpc) is 2.84. The minimum atomic E-state index is -0.206. The molecule has 2 aromatic rings. The van der Waals surface area contributed by atoms with Crippen molar-refractivity contribution < 1.29 is 8.81 Å².